The molecule has 8 atom stereocenters. The molecule has 3 aliphatic rings. The summed E-state index contributed by atoms with van der Waals surface area (Å²) in [6.45, 7) is 9.92. The van der Waals surface area contributed by atoms with Crippen LogP contribution in [-0.2, 0) is 38.1 Å². The van der Waals surface area contributed by atoms with Gasteiger partial charge in [0.2, 0.25) is 0 Å². The van der Waals surface area contributed by atoms with E-state index in [1.165, 1.54) is 39.8 Å². The minimum Gasteiger partial charge on any atom is -0.461 e. The molecular formula is C27H36O10. The van der Waals surface area contributed by atoms with Crippen LogP contribution in [0.2, 0.25) is 0 Å². The maximum atomic E-state index is 12.8. The highest BCUT2D eigenvalue weighted by atomic mass is 16.6. The lowest BCUT2D eigenvalue weighted by Gasteiger charge is -2.60. The van der Waals surface area contributed by atoms with E-state index in [1.54, 1.807) is 26.8 Å². The molecule has 37 heavy (non-hydrogen) atoms. The zero-order valence-corrected chi connectivity index (χ0v) is 22.3. The number of esters is 4. The predicted molar refractivity (Wildman–Crippen MR) is 130 cm³/mol. The Bertz CT molecular complexity index is 1070. The molecular weight excluding hydrogens is 484 g/mol. The molecule has 1 heterocycles. The Morgan fingerprint density at radius 2 is 1.68 bits per heavy atom. The second kappa shape index (κ2) is 10.1. The van der Waals surface area contributed by atoms with Gasteiger partial charge in [-0.3, -0.25) is 19.2 Å². The molecule has 0 aromatic rings. The Balaban J connectivity index is 2.48. The summed E-state index contributed by atoms with van der Waals surface area (Å²) in [5, 5.41) is 22.4. The topological polar surface area (TPSA) is 146 Å². The molecule has 10 nitrogen and oxygen atoms in total. The zero-order valence-electron chi connectivity index (χ0n) is 22.3. The minimum atomic E-state index is -2.10. The van der Waals surface area contributed by atoms with Gasteiger partial charge in [-0.1, -0.05) is 31.6 Å². The highest BCUT2D eigenvalue weighted by Gasteiger charge is 2.71. The molecule has 0 spiro atoms. The normalized spacial score (nSPS) is 39.3. The number of aliphatic hydroxyl groups is 2. The number of hydrogen-bond donors (Lipinski definition) is 2. The Kier molecular flexibility index (Phi) is 7.77. The minimum absolute atomic E-state index is 0.255. The molecule has 3 rings (SSSR count). The number of rotatable bonds is 4. The van der Waals surface area contributed by atoms with Crippen LogP contribution in [0.3, 0.4) is 0 Å². The smallest absolute Gasteiger partial charge is 0.312 e. The van der Waals surface area contributed by atoms with Gasteiger partial charge in [0, 0.05) is 32.6 Å². The monoisotopic (exact) mass is 520 g/mol. The van der Waals surface area contributed by atoms with Crippen molar-refractivity contribution in [3.05, 3.63) is 35.5 Å². The molecule has 0 aromatic heterocycles. The third-order valence-corrected chi connectivity index (χ3v) is 8.44. The Morgan fingerprint density at radius 1 is 1.08 bits per heavy atom. The fourth-order valence-corrected chi connectivity index (χ4v) is 6.09. The van der Waals surface area contributed by atoms with E-state index in [9.17, 15) is 29.4 Å². The van der Waals surface area contributed by atoms with Gasteiger partial charge in [-0.05, 0) is 31.6 Å². The Morgan fingerprint density at radius 3 is 2.22 bits per heavy atom. The van der Waals surface area contributed by atoms with E-state index in [1.807, 2.05) is 6.08 Å². The van der Waals surface area contributed by atoms with Gasteiger partial charge in [0.25, 0.3) is 0 Å². The van der Waals surface area contributed by atoms with Crippen LogP contribution >= 0.6 is 0 Å². The van der Waals surface area contributed by atoms with E-state index in [4.69, 9.17) is 18.9 Å². The maximum Gasteiger partial charge on any atom is 0.312 e. The van der Waals surface area contributed by atoms with Crippen molar-refractivity contribution >= 4 is 23.9 Å². The molecule has 0 saturated carbocycles. The summed E-state index contributed by atoms with van der Waals surface area (Å²) in [7, 11) is 0. The first-order valence-electron chi connectivity index (χ1n) is 12.2. The number of hydrogen-bond acceptors (Lipinski definition) is 10. The number of carbonyl (C=O) groups excluding carboxylic acids is 4. The zero-order chi connectivity index (χ0) is 27.9. The van der Waals surface area contributed by atoms with Crippen molar-refractivity contribution in [1.82, 2.24) is 0 Å². The van der Waals surface area contributed by atoms with E-state index >= 15 is 0 Å². The van der Waals surface area contributed by atoms with Gasteiger partial charge in [-0.2, -0.15) is 0 Å². The van der Waals surface area contributed by atoms with Crippen molar-refractivity contribution in [3.8, 4) is 0 Å². The summed E-state index contributed by atoms with van der Waals surface area (Å²) < 4.78 is 23.0. The molecule has 2 aliphatic carbocycles. The quantitative estimate of drug-likeness (QED) is 0.320. The molecule has 1 saturated heterocycles. The lowest BCUT2D eigenvalue weighted by molar-refractivity contribution is -0.236. The fraction of sp³-hybridized carbons (Fsp3) is 0.630. The summed E-state index contributed by atoms with van der Waals surface area (Å²) in [4.78, 5) is 49.9. The molecule has 0 amide bonds. The van der Waals surface area contributed by atoms with Gasteiger partial charge in [0.1, 0.15) is 18.3 Å². The Labute approximate surface area is 216 Å². The van der Waals surface area contributed by atoms with Gasteiger partial charge in [-0.25, -0.2) is 0 Å². The number of carbonyl (C=O) groups is 4. The second-order valence-electron chi connectivity index (χ2n) is 10.5. The molecule has 8 unspecified atom stereocenters. The first-order valence-corrected chi connectivity index (χ1v) is 12.2. The first-order chi connectivity index (χ1) is 17.1. The van der Waals surface area contributed by atoms with Gasteiger partial charge >= 0.3 is 23.9 Å². The number of aliphatic hydroxyl groups excluding tert-OH is 1. The van der Waals surface area contributed by atoms with Crippen LogP contribution < -0.4 is 0 Å². The first kappa shape index (κ1) is 28.6. The molecule has 0 radical (unpaired) electrons. The molecule has 2 N–H and O–H groups in total. The van der Waals surface area contributed by atoms with Crippen molar-refractivity contribution in [2.45, 2.75) is 84.9 Å². The molecule has 0 aromatic carbocycles. The third kappa shape index (κ3) is 4.50. The molecule has 0 bridgehead atoms. The van der Waals surface area contributed by atoms with Crippen molar-refractivity contribution in [3.63, 3.8) is 0 Å². The van der Waals surface area contributed by atoms with E-state index in [-0.39, 0.29) is 12.0 Å². The molecule has 10 heteroatoms. The number of fused-ring (bicyclic) bond motifs is 2. The van der Waals surface area contributed by atoms with E-state index in [0.29, 0.717) is 5.57 Å². The van der Waals surface area contributed by atoms with Crippen LogP contribution in [0.4, 0.5) is 0 Å². The van der Waals surface area contributed by atoms with Crippen LogP contribution in [0.25, 0.3) is 0 Å². The van der Waals surface area contributed by atoms with Gasteiger partial charge in [-0.15, -0.1) is 0 Å². The molecule has 1 fully saturated rings. The van der Waals surface area contributed by atoms with Crippen molar-refractivity contribution in [2.75, 3.05) is 6.61 Å². The average molecular weight is 521 g/mol. The van der Waals surface area contributed by atoms with Crippen LogP contribution in [0.5, 0.6) is 0 Å². The summed E-state index contributed by atoms with van der Waals surface area (Å²) in [5.41, 5.74) is -3.85. The van der Waals surface area contributed by atoms with Gasteiger partial charge in [0.05, 0.1) is 17.9 Å². The average Bonchev–Trinajstić information content (AvgIpc) is 3.02. The summed E-state index contributed by atoms with van der Waals surface area (Å²) >= 11 is 0. The van der Waals surface area contributed by atoms with Crippen molar-refractivity contribution in [1.29, 1.82) is 0 Å². The van der Waals surface area contributed by atoms with Crippen LogP contribution in [-0.4, -0.2) is 70.7 Å². The van der Waals surface area contributed by atoms with Crippen molar-refractivity contribution in [2.24, 2.45) is 16.7 Å². The van der Waals surface area contributed by atoms with Crippen LogP contribution in [0, 0.1) is 16.7 Å². The predicted octanol–water partition coefficient (Wildman–Crippen LogP) is 1.93. The van der Waals surface area contributed by atoms with Gasteiger partial charge in [0.15, 0.2) is 11.7 Å². The summed E-state index contributed by atoms with van der Waals surface area (Å²) in [5.74, 6) is -3.77. The summed E-state index contributed by atoms with van der Waals surface area (Å²) in [6, 6.07) is 0. The standard InChI is InChI=1S/C27H36O10/c1-14-8-10-20(34-16(3)29)26(7)21(35-17(4)30)11-9-19(13-28)12-22-27(33,15(2)23(32)37-22)24(25(14,26)6)36-18(5)31/h8-9,11-12,15,20-22,24,28,33H,10,13H2,1-7H3. The third-order valence-electron chi connectivity index (χ3n) is 8.44. The highest BCUT2D eigenvalue weighted by Crippen LogP contribution is 2.61. The lowest BCUT2D eigenvalue weighted by atomic mass is 9.48. The SMILES string of the molecule is CC(=O)OC1C2(O)C(C=C(CO)C=CC(OC(C)=O)C3(C)C(OC(C)=O)CC=C(C)C13C)OC(=O)C2C. The largest absolute Gasteiger partial charge is 0.461 e. The van der Waals surface area contributed by atoms with Crippen LogP contribution in [0.1, 0.15) is 54.9 Å². The second-order valence-corrected chi connectivity index (χ2v) is 10.5. The fourth-order valence-electron chi connectivity index (χ4n) is 6.09. The van der Waals surface area contributed by atoms with E-state index in [0.717, 1.165) is 0 Å². The number of ether oxygens (including phenoxy) is 4. The molecule has 204 valence electrons. The van der Waals surface area contributed by atoms with Crippen molar-refractivity contribution < 1.29 is 48.3 Å². The Hall–Kier alpha value is -2.98. The highest BCUT2D eigenvalue weighted by molar-refractivity contribution is 5.78. The maximum absolute atomic E-state index is 12.8. The molecule has 1 aliphatic heterocycles. The van der Waals surface area contributed by atoms with Crippen LogP contribution in [0.15, 0.2) is 35.5 Å². The van der Waals surface area contributed by atoms with E-state index < -0.39 is 77.2 Å². The summed E-state index contributed by atoms with van der Waals surface area (Å²) in [6.07, 6.45) is 1.90. The van der Waals surface area contributed by atoms with Gasteiger partial charge < -0.3 is 29.2 Å². The van der Waals surface area contributed by atoms with E-state index in [2.05, 4.69) is 0 Å². The lowest BCUT2D eigenvalue weighted by Crippen LogP contribution is -2.69.